The maximum absolute atomic E-state index is 12.4. The molecular formula is C15H15Cl2N5O. The molecule has 0 saturated carbocycles. The molecule has 0 aliphatic rings. The van der Waals surface area contributed by atoms with Gasteiger partial charge in [0.25, 0.3) is 5.91 Å². The van der Waals surface area contributed by atoms with Gasteiger partial charge in [-0.15, -0.1) is 0 Å². The van der Waals surface area contributed by atoms with E-state index in [1.54, 1.807) is 24.7 Å². The molecule has 3 rings (SSSR count). The summed E-state index contributed by atoms with van der Waals surface area (Å²) >= 11 is 12.4. The van der Waals surface area contributed by atoms with Crippen LogP contribution in [0.2, 0.25) is 10.0 Å². The van der Waals surface area contributed by atoms with Crippen molar-refractivity contribution >= 4 is 40.0 Å². The van der Waals surface area contributed by atoms with Crippen LogP contribution in [0.25, 0.3) is 10.9 Å². The highest BCUT2D eigenvalue weighted by Crippen LogP contribution is 2.26. The number of halogens is 2. The predicted molar refractivity (Wildman–Crippen MR) is 89.8 cm³/mol. The average molecular weight is 352 g/mol. The summed E-state index contributed by atoms with van der Waals surface area (Å²) in [6.45, 7) is 2.01. The Balaban J connectivity index is 1.88. The molecule has 1 amide bonds. The number of benzene rings is 1. The van der Waals surface area contributed by atoms with Crippen LogP contribution in [0.4, 0.5) is 0 Å². The number of rotatable bonds is 3. The second-order valence-electron chi connectivity index (χ2n) is 5.26. The summed E-state index contributed by atoms with van der Waals surface area (Å²) in [5.41, 5.74) is 2.56. The third-order valence-corrected chi connectivity index (χ3v) is 4.45. The van der Waals surface area contributed by atoms with Crippen molar-refractivity contribution in [2.45, 2.75) is 13.5 Å². The second kappa shape index (κ2) is 5.86. The first-order valence-corrected chi connectivity index (χ1v) is 7.73. The highest BCUT2D eigenvalue weighted by molar-refractivity contribution is 6.35. The number of hydrogen-bond acceptors (Lipinski definition) is 3. The Bertz CT molecular complexity index is 912. The van der Waals surface area contributed by atoms with Gasteiger partial charge in [-0.25, -0.2) is 0 Å². The molecule has 0 fully saturated rings. The number of carbonyl (C=O) groups is 1. The Labute approximate surface area is 143 Å². The van der Waals surface area contributed by atoms with E-state index in [-0.39, 0.29) is 12.5 Å². The molecule has 1 aromatic carbocycles. The molecule has 120 valence electrons. The van der Waals surface area contributed by atoms with E-state index in [4.69, 9.17) is 23.2 Å². The van der Waals surface area contributed by atoms with Crippen molar-refractivity contribution in [1.82, 2.24) is 24.9 Å². The molecule has 0 saturated heterocycles. The Hall–Kier alpha value is -2.05. The van der Waals surface area contributed by atoms with Gasteiger partial charge in [0.1, 0.15) is 5.69 Å². The molecule has 0 radical (unpaired) electrons. The van der Waals surface area contributed by atoms with Gasteiger partial charge in [-0.3, -0.25) is 14.2 Å². The molecular weight excluding hydrogens is 337 g/mol. The van der Waals surface area contributed by atoms with Gasteiger partial charge in [0.15, 0.2) is 0 Å². The second-order valence-corrected chi connectivity index (χ2v) is 6.04. The third kappa shape index (κ3) is 2.68. The number of carbonyl (C=O) groups excluding carboxylic acids is 1. The van der Waals surface area contributed by atoms with Crippen LogP contribution in [0.15, 0.2) is 18.2 Å². The number of aryl methyl sites for hydroxylation is 3. The molecule has 0 bridgehead atoms. The fourth-order valence-electron chi connectivity index (χ4n) is 2.60. The highest BCUT2D eigenvalue weighted by Gasteiger charge is 2.19. The molecule has 2 aromatic heterocycles. The van der Waals surface area contributed by atoms with Gasteiger partial charge in [0.2, 0.25) is 0 Å². The molecule has 0 spiro atoms. The Morgan fingerprint density at radius 1 is 1.22 bits per heavy atom. The molecule has 23 heavy (non-hydrogen) atoms. The fourth-order valence-corrected chi connectivity index (χ4v) is 3.13. The predicted octanol–water partition coefficient (Wildman–Crippen LogP) is 2.85. The first-order chi connectivity index (χ1) is 10.9. The summed E-state index contributed by atoms with van der Waals surface area (Å²) in [5, 5.41) is 13.2. The minimum Gasteiger partial charge on any atom is -0.345 e. The smallest absolute Gasteiger partial charge is 0.271 e. The number of nitrogens with one attached hydrogen (secondary N) is 1. The summed E-state index contributed by atoms with van der Waals surface area (Å²) in [7, 11) is 3.52. The average Bonchev–Trinajstić information content (AvgIpc) is 2.95. The van der Waals surface area contributed by atoms with Gasteiger partial charge < -0.3 is 5.32 Å². The lowest BCUT2D eigenvalue weighted by Gasteiger charge is -2.05. The highest BCUT2D eigenvalue weighted by atomic mass is 35.5. The molecule has 0 unspecified atom stereocenters. The topological polar surface area (TPSA) is 64.7 Å². The SMILES string of the molecule is Cc1nn(C)c(C(=O)NCc2nn(C)c3cccc(Cl)c23)c1Cl. The normalized spacial score (nSPS) is 11.2. The van der Waals surface area contributed by atoms with Gasteiger partial charge in [0.05, 0.1) is 33.5 Å². The van der Waals surface area contributed by atoms with Crippen molar-refractivity contribution in [2.24, 2.45) is 14.1 Å². The summed E-state index contributed by atoms with van der Waals surface area (Å²) in [6, 6.07) is 5.60. The first-order valence-electron chi connectivity index (χ1n) is 6.97. The Kier molecular flexibility index (Phi) is 4.04. The van der Waals surface area contributed by atoms with E-state index in [0.29, 0.717) is 27.1 Å². The number of nitrogens with zero attached hydrogens (tertiary/aromatic N) is 4. The van der Waals surface area contributed by atoms with E-state index in [1.807, 2.05) is 19.2 Å². The van der Waals surface area contributed by atoms with Gasteiger partial charge in [0, 0.05) is 19.5 Å². The lowest BCUT2D eigenvalue weighted by molar-refractivity contribution is 0.0941. The Morgan fingerprint density at radius 3 is 2.61 bits per heavy atom. The molecule has 0 aliphatic heterocycles. The quantitative estimate of drug-likeness (QED) is 0.788. The lowest BCUT2D eigenvalue weighted by atomic mass is 10.2. The van der Waals surface area contributed by atoms with E-state index in [1.165, 1.54) is 4.68 Å². The van der Waals surface area contributed by atoms with E-state index < -0.39 is 0 Å². The van der Waals surface area contributed by atoms with Gasteiger partial charge in [-0.2, -0.15) is 10.2 Å². The van der Waals surface area contributed by atoms with Crippen molar-refractivity contribution in [1.29, 1.82) is 0 Å². The van der Waals surface area contributed by atoms with Gasteiger partial charge >= 0.3 is 0 Å². The molecule has 6 nitrogen and oxygen atoms in total. The van der Waals surface area contributed by atoms with E-state index in [9.17, 15) is 4.79 Å². The first kappa shape index (κ1) is 15.8. The van der Waals surface area contributed by atoms with Crippen LogP contribution in [0.5, 0.6) is 0 Å². The zero-order chi connectivity index (χ0) is 16.7. The van der Waals surface area contributed by atoms with Crippen LogP contribution in [0, 0.1) is 6.92 Å². The number of amides is 1. The maximum atomic E-state index is 12.4. The molecule has 3 aromatic rings. The largest absolute Gasteiger partial charge is 0.345 e. The third-order valence-electron chi connectivity index (χ3n) is 3.68. The lowest BCUT2D eigenvalue weighted by Crippen LogP contribution is -2.25. The minimum absolute atomic E-state index is 0.250. The van der Waals surface area contributed by atoms with Crippen molar-refractivity contribution in [3.8, 4) is 0 Å². The van der Waals surface area contributed by atoms with Crippen LogP contribution < -0.4 is 5.32 Å². The zero-order valence-corrected chi connectivity index (χ0v) is 14.4. The van der Waals surface area contributed by atoms with Crippen LogP contribution in [-0.4, -0.2) is 25.5 Å². The van der Waals surface area contributed by atoms with E-state index in [0.717, 1.165) is 10.9 Å². The number of fused-ring (bicyclic) bond motifs is 1. The summed E-state index contributed by atoms with van der Waals surface area (Å²) in [4.78, 5) is 12.4. The Morgan fingerprint density at radius 2 is 1.96 bits per heavy atom. The summed E-state index contributed by atoms with van der Waals surface area (Å²) in [6.07, 6.45) is 0. The van der Waals surface area contributed by atoms with Crippen molar-refractivity contribution in [3.05, 3.63) is 45.3 Å². The molecule has 8 heteroatoms. The van der Waals surface area contributed by atoms with Crippen LogP contribution in [0.3, 0.4) is 0 Å². The zero-order valence-electron chi connectivity index (χ0n) is 12.9. The van der Waals surface area contributed by atoms with Crippen molar-refractivity contribution < 1.29 is 4.79 Å². The van der Waals surface area contributed by atoms with Crippen LogP contribution in [0.1, 0.15) is 21.9 Å². The van der Waals surface area contributed by atoms with Crippen molar-refractivity contribution in [3.63, 3.8) is 0 Å². The minimum atomic E-state index is -0.302. The van der Waals surface area contributed by atoms with Crippen LogP contribution >= 0.6 is 23.2 Å². The number of aromatic nitrogens is 4. The fraction of sp³-hybridized carbons (Fsp3) is 0.267. The van der Waals surface area contributed by atoms with Gasteiger partial charge in [-0.1, -0.05) is 29.3 Å². The van der Waals surface area contributed by atoms with Gasteiger partial charge in [-0.05, 0) is 19.1 Å². The van der Waals surface area contributed by atoms with Crippen molar-refractivity contribution in [2.75, 3.05) is 0 Å². The summed E-state index contributed by atoms with van der Waals surface area (Å²) in [5.74, 6) is -0.302. The van der Waals surface area contributed by atoms with Crippen LogP contribution in [-0.2, 0) is 20.6 Å². The van der Waals surface area contributed by atoms with E-state index >= 15 is 0 Å². The monoisotopic (exact) mass is 351 g/mol. The molecule has 2 heterocycles. The number of hydrogen-bond donors (Lipinski definition) is 1. The molecule has 0 aliphatic carbocycles. The summed E-state index contributed by atoms with van der Waals surface area (Å²) < 4.78 is 3.21. The standard InChI is InChI=1S/C15H15Cl2N5O/c1-8-13(17)14(22(3)19-8)15(23)18-7-10-12-9(16)5-4-6-11(12)21(2)20-10/h4-6H,7H2,1-3H3,(H,18,23). The molecule has 0 atom stereocenters. The maximum Gasteiger partial charge on any atom is 0.271 e. The van der Waals surface area contributed by atoms with E-state index in [2.05, 4.69) is 15.5 Å². The molecule has 1 N–H and O–H groups in total.